The number of aryl methyl sites for hydroxylation is 1. The molecule has 1 aliphatic rings. The van der Waals surface area contributed by atoms with Crippen LogP contribution in [0.3, 0.4) is 0 Å². The van der Waals surface area contributed by atoms with Crippen molar-refractivity contribution in [3.05, 3.63) is 101 Å². The van der Waals surface area contributed by atoms with E-state index >= 15 is 0 Å². The predicted octanol–water partition coefficient (Wildman–Crippen LogP) is 6.34. The number of anilines is 1. The van der Waals surface area contributed by atoms with Crippen molar-refractivity contribution in [1.82, 2.24) is 5.16 Å². The molecule has 1 N–H and O–H groups in total. The Bertz CT molecular complexity index is 1700. The summed E-state index contributed by atoms with van der Waals surface area (Å²) in [5.41, 5.74) is 2.98. The van der Waals surface area contributed by atoms with Crippen molar-refractivity contribution >= 4 is 28.3 Å². The molecule has 1 aliphatic heterocycles. The van der Waals surface area contributed by atoms with Crippen LogP contribution in [0.15, 0.2) is 75.7 Å². The van der Waals surface area contributed by atoms with Gasteiger partial charge in [-0.15, -0.1) is 0 Å². The highest BCUT2D eigenvalue weighted by Gasteiger charge is 2.26. The number of carbonyl (C=O) groups is 2. The highest BCUT2D eigenvalue weighted by Crippen LogP contribution is 2.35. The lowest BCUT2D eigenvalue weighted by molar-refractivity contribution is 0.101. The number of para-hydroxylation sites is 1. The van der Waals surface area contributed by atoms with Crippen LogP contribution in [0.25, 0.3) is 22.3 Å². The quantitative estimate of drug-likeness (QED) is 0.285. The second-order valence-corrected chi connectivity index (χ2v) is 9.08. The molecule has 7 nitrogen and oxygen atoms in total. The van der Waals surface area contributed by atoms with E-state index in [0.717, 1.165) is 29.4 Å². The summed E-state index contributed by atoms with van der Waals surface area (Å²) in [6.45, 7) is 3.62. The number of carbonyl (C=O) groups excluding carboxylic acids is 2. The normalized spacial score (nSPS) is 14.4. The van der Waals surface area contributed by atoms with E-state index in [-0.39, 0.29) is 28.8 Å². The fourth-order valence-electron chi connectivity index (χ4n) is 4.47. The van der Waals surface area contributed by atoms with Crippen LogP contribution in [-0.4, -0.2) is 23.0 Å². The van der Waals surface area contributed by atoms with Crippen LogP contribution in [-0.2, 0) is 6.42 Å². The van der Waals surface area contributed by atoms with Gasteiger partial charge in [-0.05, 0) is 61.4 Å². The van der Waals surface area contributed by atoms with Gasteiger partial charge in [0.1, 0.15) is 23.3 Å². The minimum atomic E-state index is -0.580. The number of benzene rings is 3. The number of nitrogens with one attached hydrogen (secondary N) is 1. The molecule has 5 aromatic rings. The summed E-state index contributed by atoms with van der Waals surface area (Å²) >= 11 is 0. The molecule has 37 heavy (non-hydrogen) atoms. The van der Waals surface area contributed by atoms with Gasteiger partial charge in [0.25, 0.3) is 5.91 Å². The Morgan fingerprint density at radius 3 is 2.73 bits per heavy atom. The molecule has 3 heterocycles. The van der Waals surface area contributed by atoms with E-state index in [1.54, 1.807) is 31.2 Å². The Balaban J connectivity index is 1.32. The van der Waals surface area contributed by atoms with Crippen LogP contribution >= 0.6 is 0 Å². The number of fused-ring (bicyclic) bond motifs is 2. The Kier molecular flexibility index (Phi) is 5.37. The molecule has 1 unspecified atom stereocenters. The van der Waals surface area contributed by atoms with Crippen molar-refractivity contribution in [2.75, 3.05) is 5.32 Å². The Morgan fingerprint density at radius 1 is 1.05 bits per heavy atom. The van der Waals surface area contributed by atoms with E-state index < -0.39 is 17.5 Å². The van der Waals surface area contributed by atoms with Crippen molar-refractivity contribution in [3.8, 4) is 17.1 Å². The van der Waals surface area contributed by atoms with Gasteiger partial charge in [-0.1, -0.05) is 29.4 Å². The molecule has 0 radical (unpaired) electrons. The summed E-state index contributed by atoms with van der Waals surface area (Å²) in [6.07, 6.45) is 0.902. The van der Waals surface area contributed by atoms with Gasteiger partial charge in [0.05, 0.1) is 5.69 Å². The molecular formula is C29H21FN2O5. The van der Waals surface area contributed by atoms with Crippen molar-refractivity contribution in [1.29, 1.82) is 0 Å². The first-order valence-electron chi connectivity index (χ1n) is 11.8. The number of aromatic nitrogens is 1. The molecule has 2 aromatic heterocycles. The van der Waals surface area contributed by atoms with Gasteiger partial charge in [-0.3, -0.25) is 9.59 Å². The summed E-state index contributed by atoms with van der Waals surface area (Å²) in [5, 5.41) is 7.21. The highest BCUT2D eigenvalue weighted by molar-refractivity contribution is 6.18. The number of halogens is 1. The maximum absolute atomic E-state index is 14.1. The zero-order valence-electron chi connectivity index (χ0n) is 20.0. The molecule has 184 valence electrons. The Hall–Kier alpha value is -4.72. The Labute approximate surface area is 210 Å². The summed E-state index contributed by atoms with van der Waals surface area (Å²) in [6, 6.07) is 18.3. The van der Waals surface area contributed by atoms with Gasteiger partial charge in [0, 0.05) is 29.0 Å². The number of ether oxygens (including phenoxy) is 1. The number of amides is 1. The third-order valence-corrected chi connectivity index (χ3v) is 6.40. The summed E-state index contributed by atoms with van der Waals surface area (Å²) in [5.74, 6) is -0.476. The van der Waals surface area contributed by atoms with Gasteiger partial charge in [-0.25, -0.2) is 4.39 Å². The van der Waals surface area contributed by atoms with Gasteiger partial charge in [-0.2, -0.15) is 0 Å². The van der Waals surface area contributed by atoms with Crippen LogP contribution in [0, 0.1) is 12.7 Å². The van der Waals surface area contributed by atoms with E-state index in [1.807, 2.05) is 25.1 Å². The molecular weight excluding hydrogens is 475 g/mol. The molecule has 1 amide bonds. The summed E-state index contributed by atoms with van der Waals surface area (Å²) in [7, 11) is 0. The monoisotopic (exact) mass is 496 g/mol. The molecule has 0 spiro atoms. The van der Waals surface area contributed by atoms with Gasteiger partial charge >= 0.3 is 0 Å². The van der Waals surface area contributed by atoms with Crippen molar-refractivity contribution in [3.63, 3.8) is 0 Å². The SMILES string of the molecule is Cc1ccc(C(=O)c2oc3ccccc3c2NC(=O)c2cc(-c3ccc4c(c3)CC(C)O4)on2)cc1F. The number of hydrogen-bond donors (Lipinski definition) is 1. The second-order valence-electron chi connectivity index (χ2n) is 9.08. The lowest BCUT2D eigenvalue weighted by Crippen LogP contribution is -2.14. The van der Waals surface area contributed by atoms with Crippen LogP contribution < -0.4 is 10.1 Å². The van der Waals surface area contributed by atoms with E-state index in [0.29, 0.717) is 22.3 Å². The number of furan rings is 1. The third kappa shape index (κ3) is 4.06. The molecule has 6 rings (SSSR count). The molecule has 0 fully saturated rings. The smallest absolute Gasteiger partial charge is 0.277 e. The fourth-order valence-corrected chi connectivity index (χ4v) is 4.47. The standard InChI is InChI=1S/C29H21FN2O5/c1-15-7-8-18(13-21(15)30)27(33)28-26(20-5-3-4-6-24(20)36-28)31-29(34)22-14-25(37-32-22)17-9-10-23-19(12-17)11-16(2)35-23/h3-10,12-14,16H,11H2,1-2H3,(H,31,34). The third-order valence-electron chi connectivity index (χ3n) is 6.40. The zero-order valence-corrected chi connectivity index (χ0v) is 20.0. The lowest BCUT2D eigenvalue weighted by atomic mass is 10.0. The van der Waals surface area contributed by atoms with Gasteiger partial charge in [0.2, 0.25) is 5.78 Å². The fraction of sp³-hybridized carbons (Fsp3) is 0.138. The first-order valence-corrected chi connectivity index (χ1v) is 11.8. The van der Waals surface area contributed by atoms with Crippen molar-refractivity contribution in [2.45, 2.75) is 26.4 Å². The first-order chi connectivity index (χ1) is 17.9. The number of nitrogens with zero attached hydrogens (tertiary/aromatic N) is 1. The molecule has 8 heteroatoms. The first kappa shape index (κ1) is 22.7. The minimum Gasteiger partial charge on any atom is -0.490 e. The number of ketones is 1. The van der Waals surface area contributed by atoms with Crippen LogP contribution in [0.5, 0.6) is 5.75 Å². The number of hydrogen-bond acceptors (Lipinski definition) is 6. The second kappa shape index (κ2) is 8.74. The van der Waals surface area contributed by atoms with E-state index in [2.05, 4.69) is 10.5 Å². The maximum Gasteiger partial charge on any atom is 0.277 e. The molecule has 1 atom stereocenters. The van der Waals surface area contributed by atoms with Crippen molar-refractivity contribution < 1.29 is 27.7 Å². The van der Waals surface area contributed by atoms with E-state index in [1.165, 1.54) is 18.2 Å². The highest BCUT2D eigenvalue weighted by atomic mass is 19.1. The summed E-state index contributed by atoms with van der Waals surface area (Å²) in [4.78, 5) is 26.4. The van der Waals surface area contributed by atoms with Gasteiger partial charge < -0.3 is 19.0 Å². The van der Waals surface area contributed by atoms with Crippen LogP contribution in [0.1, 0.15) is 44.7 Å². The lowest BCUT2D eigenvalue weighted by Gasteiger charge is -2.05. The largest absolute Gasteiger partial charge is 0.490 e. The number of rotatable bonds is 5. The zero-order chi connectivity index (χ0) is 25.7. The van der Waals surface area contributed by atoms with E-state index in [4.69, 9.17) is 13.7 Å². The Morgan fingerprint density at radius 2 is 1.89 bits per heavy atom. The molecule has 0 aliphatic carbocycles. The maximum atomic E-state index is 14.1. The van der Waals surface area contributed by atoms with Crippen LogP contribution in [0.4, 0.5) is 10.1 Å². The topological polar surface area (TPSA) is 94.6 Å². The van der Waals surface area contributed by atoms with Gasteiger partial charge in [0.15, 0.2) is 17.2 Å². The average molecular weight is 496 g/mol. The molecule has 3 aromatic carbocycles. The molecule has 0 saturated heterocycles. The van der Waals surface area contributed by atoms with Crippen molar-refractivity contribution in [2.24, 2.45) is 0 Å². The molecule has 0 saturated carbocycles. The van der Waals surface area contributed by atoms with E-state index in [9.17, 15) is 14.0 Å². The van der Waals surface area contributed by atoms with Crippen LogP contribution in [0.2, 0.25) is 0 Å². The average Bonchev–Trinajstić information content (AvgIpc) is 3.61. The predicted molar refractivity (Wildman–Crippen MR) is 134 cm³/mol. The summed E-state index contributed by atoms with van der Waals surface area (Å²) < 4.78 is 31.1. The molecule has 0 bridgehead atoms. The minimum absolute atomic E-state index is 0.0326.